The maximum absolute atomic E-state index is 12.4. The summed E-state index contributed by atoms with van der Waals surface area (Å²) in [6, 6.07) is 8.34. The fraction of sp³-hybridized carbons (Fsp3) is 0. The zero-order valence-corrected chi connectivity index (χ0v) is 12.1. The smallest absolute Gasteiger partial charge is 0.211 e. The minimum atomic E-state index is -3.84. The lowest BCUT2D eigenvalue weighted by Crippen LogP contribution is -2.04. The molecule has 0 unspecified atom stereocenters. The Morgan fingerprint density at radius 3 is 2.11 bits per heavy atom. The third-order valence-corrected chi connectivity index (χ3v) is 5.25. The lowest BCUT2D eigenvalue weighted by Gasteiger charge is -2.10. The van der Waals surface area contributed by atoms with Gasteiger partial charge in [-0.2, -0.15) is 0 Å². The zero-order valence-electron chi connectivity index (χ0n) is 9.67. The van der Waals surface area contributed by atoms with E-state index in [9.17, 15) is 13.5 Å². The van der Waals surface area contributed by atoms with Gasteiger partial charge in [0.2, 0.25) is 9.84 Å². The Balaban J connectivity index is 2.67. The van der Waals surface area contributed by atoms with Crippen LogP contribution in [0.25, 0.3) is 0 Å². The molecule has 0 heterocycles. The molecule has 19 heavy (non-hydrogen) atoms. The fourth-order valence-corrected chi connectivity index (χ4v) is 4.12. The van der Waals surface area contributed by atoms with Crippen molar-refractivity contribution in [3.05, 3.63) is 40.9 Å². The number of hydrogen-bond donors (Lipinski definition) is 3. The standard InChI is InChI=1S/C12H11BrN2O3S/c13-10-5-8(15)6-11(16)12(10)19(17,18)9-3-1-7(14)2-4-9/h1-6,16H,14-15H2. The number of halogens is 1. The van der Waals surface area contributed by atoms with Crippen LogP contribution in [0.5, 0.6) is 5.75 Å². The molecule has 0 spiro atoms. The molecular formula is C12H11BrN2O3S. The van der Waals surface area contributed by atoms with E-state index in [1.807, 2.05) is 0 Å². The van der Waals surface area contributed by atoms with Crippen molar-refractivity contribution < 1.29 is 13.5 Å². The summed E-state index contributed by atoms with van der Waals surface area (Å²) >= 11 is 3.10. The van der Waals surface area contributed by atoms with Gasteiger partial charge in [-0.15, -0.1) is 0 Å². The van der Waals surface area contributed by atoms with E-state index in [4.69, 9.17) is 11.5 Å². The molecule has 7 heteroatoms. The van der Waals surface area contributed by atoms with Crippen LogP contribution >= 0.6 is 15.9 Å². The van der Waals surface area contributed by atoms with Crippen LogP contribution in [0.2, 0.25) is 0 Å². The maximum Gasteiger partial charge on any atom is 0.211 e. The highest BCUT2D eigenvalue weighted by Gasteiger charge is 2.24. The second-order valence-electron chi connectivity index (χ2n) is 3.92. The van der Waals surface area contributed by atoms with Gasteiger partial charge in [-0.05, 0) is 46.3 Å². The summed E-state index contributed by atoms with van der Waals surface area (Å²) in [5.74, 6) is -0.399. The molecule has 0 amide bonds. The first-order chi connectivity index (χ1) is 8.82. The molecule has 0 bridgehead atoms. The summed E-state index contributed by atoms with van der Waals surface area (Å²) in [7, 11) is -3.84. The van der Waals surface area contributed by atoms with Gasteiger partial charge in [-0.3, -0.25) is 0 Å². The first-order valence-electron chi connectivity index (χ1n) is 5.21. The number of phenolic OH excluding ortho intramolecular Hbond substituents is 1. The largest absolute Gasteiger partial charge is 0.506 e. The molecule has 0 radical (unpaired) electrons. The number of nitrogen functional groups attached to an aromatic ring is 2. The quantitative estimate of drug-likeness (QED) is 0.725. The van der Waals surface area contributed by atoms with Crippen LogP contribution in [0, 0.1) is 0 Å². The van der Waals surface area contributed by atoms with Gasteiger partial charge in [0.15, 0.2) is 0 Å². The number of nitrogens with two attached hydrogens (primary N) is 2. The molecule has 2 aromatic carbocycles. The highest BCUT2D eigenvalue weighted by molar-refractivity contribution is 9.10. The van der Waals surface area contributed by atoms with E-state index in [2.05, 4.69) is 15.9 Å². The molecular weight excluding hydrogens is 332 g/mol. The molecule has 2 aromatic rings. The lowest BCUT2D eigenvalue weighted by molar-refractivity contribution is 0.458. The van der Waals surface area contributed by atoms with Crippen molar-refractivity contribution in [3.63, 3.8) is 0 Å². The van der Waals surface area contributed by atoms with Gasteiger partial charge in [-0.1, -0.05) is 0 Å². The lowest BCUT2D eigenvalue weighted by atomic mass is 10.3. The molecule has 0 aliphatic heterocycles. The molecule has 0 aliphatic rings. The number of phenols is 1. The second kappa shape index (κ2) is 4.75. The van der Waals surface area contributed by atoms with Crippen molar-refractivity contribution in [2.75, 3.05) is 11.5 Å². The van der Waals surface area contributed by atoms with Gasteiger partial charge < -0.3 is 16.6 Å². The summed E-state index contributed by atoms with van der Waals surface area (Å²) in [4.78, 5) is -0.172. The maximum atomic E-state index is 12.4. The molecule has 5 nitrogen and oxygen atoms in total. The predicted molar refractivity (Wildman–Crippen MR) is 76.5 cm³/mol. The third kappa shape index (κ3) is 2.52. The van der Waals surface area contributed by atoms with Crippen molar-refractivity contribution in [1.29, 1.82) is 0 Å². The Hall–Kier alpha value is -1.73. The average molecular weight is 343 g/mol. The SMILES string of the molecule is Nc1ccc(S(=O)(=O)c2c(O)cc(N)cc2Br)cc1. The van der Waals surface area contributed by atoms with Gasteiger partial charge in [0, 0.05) is 21.9 Å². The number of anilines is 2. The van der Waals surface area contributed by atoms with Crippen LogP contribution in [-0.2, 0) is 9.84 Å². The Bertz CT molecular complexity index is 704. The van der Waals surface area contributed by atoms with Crippen LogP contribution < -0.4 is 11.5 Å². The number of hydrogen-bond acceptors (Lipinski definition) is 5. The molecule has 0 saturated heterocycles. The van der Waals surface area contributed by atoms with Crippen LogP contribution in [-0.4, -0.2) is 13.5 Å². The number of sulfone groups is 1. The van der Waals surface area contributed by atoms with Crippen LogP contribution in [0.1, 0.15) is 0 Å². The summed E-state index contributed by atoms with van der Waals surface area (Å²) in [5, 5.41) is 9.81. The molecule has 0 aromatic heterocycles. The number of aromatic hydroxyl groups is 1. The normalized spacial score (nSPS) is 11.4. The van der Waals surface area contributed by atoms with Gasteiger partial charge in [0.1, 0.15) is 10.6 Å². The van der Waals surface area contributed by atoms with Crippen molar-refractivity contribution >= 4 is 37.1 Å². The minimum Gasteiger partial charge on any atom is -0.506 e. The first-order valence-corrected chi connectivity index (χ1v) is 7.48. The third-order valence-electron chi connectivity index (χ3n) is 2.51. The van der Waals surface area contributed by atoms with Crippen LogP contribution in [0.4, 0.5) is 11.4 Å². The van der Waals surface area contributed by atoms with E-state index < -0.39 is 15.6 Å². The van der Waals surface area contributed by atoms with Gasteiger partial charge in [-0.25, -0.2) is 8.42 Å². The van der Waals surface area contributed by atoms with E-state index in [1.54, 1.807) is 0 Å². The monoisotopic (exact) mass is 342 g/mol. The highest BCUT2D eigenvalue weighted by Crippen LogP contribution is 2.36. The van der Waals surface area contributed by atoms with E-state index >= 15 is 0 Å². The van der Waals surface area contributed by atoms with Gasteiger partial charge >= 0.3 is 0 Å². The van der Waals surface area contributed by atoms with Gasteiger partial charge in [0.05, 0.1) is 4.90 Å². The molecule has 0 fully saturated rings. The van der Waals surface area contributed by atoms with Crippen molar-refractivity contribution in [1.82, 2.24) is 0 Å². The fourth-order valence-electron chi connectivity index (χ4n) is 1.63. The molecule has 0 saturated carbocycles. The molecule has 0 atom stereocenters. The Morgan fingerprint density at radius 1 is 1.00 bits per heavy atom. The Labute approximate surface area is 118 Å². The highest BCUT2D eigenvalue weighted by atomic mass is 79.9. The first kappa shape index (κ1) is 13.7. The van der Waals surface area contributed by atoms with E-state index in [1.165, 1.54) is 36.4 Å². The molecule has 2 rings (SSSR count). The van der Waals surface area contributed by atoms with Crippen LogP contribution in [0.3, 0.4) is 0 Å². The molecule has 5 N–H and O–H groups in total. The average Bonchev–Trinajstić information content (AvgIpc) is 2.27. The van der Waals surface area contributed by atoms with Crippen molar-refractivity contribution in [3.8, 4) is 5.75 Å². The Kier molecular flexibility index (Phi) is 3.42. The van der Waals surface area contributed by atoms with E-state index in [-0.39, 0.29) is 20.0 Å². The topological polar surface area (TPSA) is 106 Å². The molecule has 0 aliphatic carbocycles. The zero-order chi connectivity index (χ0) is 14.2. The van der Waals surface area contributed by atoms with Gasteiger partial charge in [0.25, 0.3) is 0 Å². The number of rotatable bonds is 2. The van der Waals surface area contributed by atoms with Crippen LogP contribution in [0.15, 0.2) is 50.7 Å². The van der Waals surface area contributed by atoms with E-state index in [0.717, 1.165) is 0 Å². The molecule has 100 valence electrons. The summed E-state index contributed by atoms with van der Waals surface area (Å²) < 4.78 is 25.1. The Morgan fingerprint density at radius 2 is 1.58 bits per heavy atom. The predicted octanol–water partition coefficient (Wildman–Crippen LogP) is 2.15. The summed E-state index contributed by atoms with van der Waals surface area (Å²) in [5.41, 5.74) is 11.8. The van der Waals surface area contributed by atoms with E-state index in [0.29, 0.717) is 5.69 Å². The second-order valence-corrected chi connectivity index (χ2v) is 6.66. The summed E-state index contributed by atoms with van der Waals surface area (Å²) in [6.45, 7) is 0. The summed E-state index contributed by atoms with van der Waals surface area (Å²) in [6.07, 6.45) is 0. The van der Waals surface area contributed by atoms with Crippen molar-refractivity contribution in [2.24, 2.45) is 0 Å². The minimum absolute atomic E-state index is 0.0440. The van der Waals surface area contributed by atoms with Crippen molar-refractivity contribution in [2.45, 2.75) is 9.79 Å². The number of benzene rings is 2.